The maximum atomic E-state index is 11.9. The highest BCUT2D eigenvalue weighted by Gasteiger charge is 2.55. The topological polar surface area (TPSA) is 35.1 Å². The fourth-order valence-electron chi connectivity index (χ4n) is 4.22. The highest BCUT2D eigenvalue weighted by Crippen LogP contribution is 2.63. The van der Waals surface area contributed by atoms with E-state index in [2.05, 4.69) is 13.0 Å². The molecule has 3 unspecified atom stereocenters. The predicted octanol–water partition coefficient (Wildman–Crippen LogP) is 4.33. The van der Waals surface area contributed by atoms with Gasteiger partial charge in [0.05, 0.1) is 10.9 Å². The predicted molar refractivity (Wildman–Crippen MR) is 83.7 cm³/mol. The summed E-state index contributed by atoms with van der Waals surface area (Å²) >= 11 is 6.69. The van der Waals surface area contributed by atoms with E-state index in [0.717, 1.165) is 29.3 Å². The van der Waals surface area contributed by atoms with Crippen molar-refractivity contribution in [1.29, 1.82) is 0 Å². The maximum absolute atomic E-state index is 11.9. The average molecular weight is 306 g/mol. The van der Waals surface area contributed by atoms with Crippen LogP contribution in [0.5, 0.6) is 0 Å². The number of fused-ring (bicyclic) bond motifs is 2. The minimum atomic E-state index is -0.265. The van der Waals surface area contributed by atoms with E-state index in [1.54, 1.807) is 4.57 Å². The second-order valence-corrected chi connectivity index (χ2v) is 6.95. The smallest absolute Gasteiger partial charge is 0.408 e. The zero-order valence-electron chi connectivity index (χ0n) is 12.2. The van der Waals surface area contributed by atoms with Gasteiger partial charge in [0.25, 0.3) is 0 Å². The largest absolute Gasteiger partial charge is 0.419 e. The van der Waals surface area contributed by atoms with E-state index in [-0.39, 0.29) is 11.1 Å². The molecule has 2 fully saturated rings. The molecule has 0 bridgehead atoms. The summed E-state index contributed by atoms with van der Waals surface area (Å²) in [7, 11) is 0. The average Bonchev–Trinajstić information content (AvgIpc) is 2.82. The summed E-state index contributed by atoms with van der Waals surface area (Å²) in [6, 6.07) is 6.02. The Morgan fingerprint density at radius 2 is 2.14 bits per heavy atom. The summed E-state index contributed by atoms with van der Waals surface area (Å²) in [6.45, 7) is 2.75. The van der Waals surface area contributed by atoms with E-state index < -0.39 is 0 Å². The molecular formula is C17H20ClNO2. The van der Waals surface area contributed by atoms with E-state index in [1.165, 1.54) is 19.3 Å². The number of aromatic nitrogens is 1. The van der Waals surface area contributed by atoms with E-state index in [0.29, 0.717) is 18.0 Å². The van der Waals surface area contributed by atoms with E-state index >= 15 is 0 Å². The third-order valence-corrected chi connectivity index (χ3v) is 5.81. The Balaban J connectivity index is 1.66. The molecule has 2 aliphatic rings. The third kappa shape index (κ3) is 2.05. The van der Waals surface area contributed by atoms with Gasteiger partial charge in [0.2, 0.25) is 0 Å². The number of aryl methyl sites for hydroxylation is 1. The first-order valence-corrected chi connectivity index (χ1v) is 8.41. The zero-order chi connectivity index (χ0) is 14.6. The molecule has 3 nitrogen and oxygen atoms in total. The first kappa shape index (κ1) is 13.4. The molecule has 4 rings (SSSR count). The Labute approximate surface area is 128 Å². The molecule has 21 heavy (non-hydrogen) atoms. The molecule has 1 heterocycles. The molecule has 0 amide bonds. The van der Waals surface area contributed by atoms with Crippen molar-refractivity contribution in [1.82, 2.24) is 4.57 Å². The zero-order valence-corrected chi connectivity index (χ0v) is 13.0. The highest BCUT2D eigenvalue weighted by molar-refractivity contribution is 6.21. The van der Waals surface area contributed by atoms with Crippen LogP contribution < -0.4 is 5.76 Å². The van der Waals surface area contributed by atoms with Gasteiger partial charge in [0, 0.05) is 6.54 Å². The van der Waals surface area contributed by atoms with Gasteiger partial charge in [-0.1, -0.05) is 19.4 Å². The standard InChI is InChI=1S/C17H20ClNO2/c1-2-8-19-13-7-6-10(9-14(13)21-17(19)20)16(18)15-11-4-3-5-12(11)15/h6-7,9,11-12,15-16H,2-5,8H2,1H3. The molecule has 0 spiro atoms. The minimum absolute atomic E-state index is 0.0597. The molecule has 0 radical (unpaired) electrons. The van der Waals surface area contributed by atoms with Gasteiger partial charge in [0.15, 0.2) is 5.58 Å². The summed E-state index contributed by atoms with van der Waals surface area (Å²) in [5.74, 6) is 2.03. The number of hydrogen-bond donors (Lipinski definition) is 0. The minimum Gasteiger partial charge on any atom is -0.408 e. The molecule has 2 aromatic rings. The quantitative estimate of drug-likeness (QED) is 0.788. The third-order valence-electron chi connectivity index (χ3n) is 5.27. The van der Waals surface area contributed by atoms with Gasteiger partial charge < -0.3 is 4.42 Å². The van der Waals surface area contributed by atoms with Gasteiger partial charge in [-0.05, 0) is 54.7 Å². The van der Waals surface area contributed by atoms with Crippen LogP contribution in [0.2, 0.25) is 0 Å². The van der Waals surface area contributed by atoms with Crippen molar-refractivity contribution >= 4 is 22.7 Å². The number of hydrogen-bond acceptors (Lipinski definition) is 2. The van der Waals surface area contributed by atoms with Gasteiger partial charge in [-0.2, -0.15) is 0 Å². The van der Waals surface area contributed by atoms with Crippen LogP contribution in [0.15, 0.2) is 27.4 Å². The summed E-state index contributed by atoms with van der Waals surface area (Å²) in [5, 5.41) is 0.0597. The van der Waals surface area contributed by atoms with Crippen molar-refractivity contribution in [3.8, 4) is 0 Å². The van der Waals surface area contributed by atoms with Crippen LogP contribution in [-0.4, -0.2) is 4.57 Å². The van der Waals surface area contributed by atoms with Crippen molar-refractivity contribution in [2.75, 3.05) is 0 Å². The molecule has 112 valence electrons. The van der Waals surface area contributed by atoms with Gasteiger partial charge in [0.1, 0.15) is 0 Å². The van der Waals surface area contributed by atoms with Crippen LogP contribution in [0.1, 0.15) is 43.5 Å². The van der Waals surface area contributed by atoms with Gasteiger partial charge in [-0.15, -0.1) is 11.6 Å². The van der Waals surface area contributed by atoms with Crippen molar-refractivity contribution in [3.05, 3.63) is 34.3 Å². The first-order valence-electron chi connectivity index (χ1n) is 7.98. The van der Waals surface area contributed by atoms with Crippen molar-refractivity contribution in [3.63, 3.8) is 0 Å². The van der Waals surface area contributed by atoms with Crippen LogP contribution >= 0.6 is 11.6 Å². The number of nitrogens with zero attached hydrogens (tertiary/aromatic N) is 1. The summed E-state index contributed by atoms with van der Waals surface area (Å²) in [4.78, 5) is 11.9. The van der Waals surface area contributed by atoms with Crippen LogP contribution in [0.4, 0.5) is 0 Å². The molecule has 2 aliphatic carbocycles. The van der Waals surface area contributed by atoms with Crippen LogP contribution in [0, 0.1) is 17.8 Å². The molecule has 1 aromatic heterocycles. The van der Waals surface area contributed by atoms with Crippen molar-refractivity contribution < 1.29 is 4.42 Å². The van der Waals surface area contributed by atoms with Crippen molar-refractivity contribution in [2.45, 2.75) is 44.5 Å². The Hall–Kier alpha value is -1.22. The summed E-state index contributed by atoms with van der Waals surface area (Å²) < 4.78 is 7.09. The monoisotopic (exact) mass is 305 g/mol. The first-order chi connectivity index (χ1) is 10.2. The van der Waals surface area contributed by atoms with Crippen LogP contribution in [-0.2, 0) is 6.54 Å². The number of halogens is 1. The Bertz CT molecular complexity index is 722. The molecule has 0 N–H and O–H groups in total. The van der Waals surface area contributed by atoms with Gasteiger partial charge in [-0.25, -0.2) is 4.79 Å². The second kappa shape index (κ2) is 4.91. The Morgan fingerprint density at radius 1 is 1.38 bits per heavy atom. The van der Waals surface area contributed by atoms with Crippen LogP contribution in [0.25, 0.3) is 11.1 Å². The number of oxazole rings is 1. The molecule has 0 aliphatic heterocycles. The highest BCUT2D eigenvalue weighted by atomic mass is 35.5. The maximum Gasteiger partial charge on any atom is 0.419 e. The fourth-order valence-corrected chi connectivity index (χ4v) is 4.73. The van der Waals surface area contributed by atoms with Gasteiger partial charge in [-0.3, -0.25) is 4.57 Å². The normalized spacial score (nSPS) is 28.8. The summed E-state index contributed by atoms with van der Waals surface area (Å²) in [5.41, 5.74) is 2.65. The lowest BCUT2D eigenvalue weighted by Gasteiger charge is -2.11. The van der Waals surface area contributed by atoms with Crippen LogP contribution in [0.3, 0.4) is 0 Å². The molecule has 1 aromatic carbocycles. The van der Waals surface area contributed by atoms with Crippen molar-refractivity contribution in [2.24, 2.45) is 17.8 Å². The lowest BCUT2D eigenvalue weighted by Crippen LogP contribution is -2.13. The SMILES string of the molecule is CCCn1c(=O)oc2cc(C(Cl)C3C4CCCC43)ccc21. The molecule has 2 saturated carbocycles. The van der Waals surface area contributed by atoms with E-state index in [4.69, 9.17) is 16.0 Å². The molecule has 3 atom stereocenters. The number of benzene rings is 1. The lowest BCUT2D eigenvalue weighted by molar-refractivity contribution is 0.502. The number of alkyl halides is 1. The molecule has 4 heteroatoms. The van der Waals surface area contributed by atoms with Gasteiger partial charge >= 0.3 is 5.76 Å². The van der Waals surface area contributed by atoms with E-state index in [9.17, 15) is 4.79 Å². The summed E-state index contributed by atoms with van der Waals surface area (Å²) in [6.07, 6.45) is 4.95. The molecule has 0 saturated heterocycles. The van der Waals surface area contributed by atoms with E-state index in [1.807, 2.05) is 12.1 Å². The Morgan fingerprint density at radius 3 is 2.86 bits per heavy atom. The lowest BCUT2D eigenvalue weighted by atomic mass is 10.0. The fraction of sp³-hybridized carbons (Fsp3) is 0.588. The Kier molecular flexibility index (Phi) is 3.14. The number of rotatable bonds is 4. The molecular weight excluding hydrogens is 286 g/mol. The second-order valence-electron chi connectivity index (χ2n) is 6.48.